The number of hydrogen-bond donors (Lipinski definition) is 2. The van der Waals surface area contributed by atoms with Gasteiger partial charge in [0.1, 0.15) is 5.54 Å². The van der Waals surface area contributed by atoms with Crippen molar-refractivity contribution in [2.24, 2.45) is 11.8 Å². The highest BCUT2D eigenvalue weighted by Gasteiger charge is 2.32. The number of carboxylic acid groups (broad SMARTS) is 1. The van der Waals surface area contributed by atoms with E-state index in [-0.39, 0.29) is 0 Å². The lowest BCUT2D eigenvalue weighted by atomic mass is 9.90. The van der Waals surface area contributed by atoms with Gasteiger partial charge in [-0.05, 0) is 44.6 Å². The molecule has 0 saturated carbocycles. The van der Waals surface area contributed by atoms with E-state index in [1.165, 1.54) is 0 Å². The van der Waals surface area contributed by atoms with Crippen LogP contribution in [0.4, 0.5) is 0 Å². The molecule has 16 heavy (non-hydrogen) atoms. The van der Waals surface area contributed by atoms with Crippen molar-refractivity contribution in [2.45, 2.75) is 59.4 Å². The van der Waals surface area contributed by atoms with Crippen LogP contribution in [0.2, 0.25) is 0 Å². The average Bonchev–Trinajstić information content (AvgIpc) is 2.10. The van der Waals surface area contributed by atoms with Gasteiger partial charge in [0.15, 0.2) is 0 Å². The molecule has 0 aromatic carbocycles. The fourth-order valence-corrected chi connectivity index (χ4v) is 1.93. The quantitative estimate of drug-likeness (QED) is 0.629. The summed E-state index contributed by atoms with van der Waals surface area (Å²) in [4.78, 5) is 11.2. The number of carboxylic acids is 1. The van der Waals surface area contributed by atoms with Gasteiger partial charge in [-0.15, -0.1) is 0 Å². The van der Waals surface area contributed by atoms with E-state index >= 15 is 0 Å². The predicted molar refractivity (Wildman–Crippen MR) is 67.6 cm³/mol. The summed E-state index contributed by atoms with van der Waals surface area (Å²) in [5, 5.41) is 12.4. The molecule has 0 aliphatic rings. The van der Waals surface area contributed by atoms with Crippen molar-refractivity contribution in [3.8, 4) is 0 Å². The third kappa shape index (κ3) is 6.11. The van der Waals surface area contributed by atoms with Crippen LogP contribution in [-0.4, -0.2) is 23.2 Å². The summed E-state index contributed by atoms with van der Waals surface area (Å²) in [6, 6.07) is 0. The van der Waals surface area contributed by atoms with Gasteiger partial charge < -0.3 is 10.4 Å². The van der Waals surface area contributed by atoms with Gasteiger partial charge in [-0.2, -0.15) is 0 Å². The standard InChI is InChI=1S/C13H27NO2/c1-10(2)7-6-8-14-13(5,12(15)16)9-11(3)4/h10-11,14H,6-9H2,1-5H3,(H,15,16). The molecule has 0 aromatic rings. The molecular weight excluding hydrogens is 202 g/mol. The van der Waals surface area contributed by atoms with Crippen LogP contribution in [0.5, 0.6) is 0 Å². The largest absolute Gasteiger partial charge is 0.480 e. The number of rotatable bonds is 8. The van der Waals surface area contributed by atoms with E-state index in [2.05, 4.69) is 33.0 Å². The number of aliphatic carboxylic acids is 1. The highest BCUT2D eigenvalue weighted by molar-refractivity contribution is 5.78. The molecule has 0 heterocycles. The molecule has 3 nitrogen and oxygen atoms in total. The van der Waals surface area contributed by atoms with Crippen LogP contribution >= 0.6 is 0 Å². The van der Waals surface area contributed by atoms with Gasteiger partial charge in [-0.3, -0.25) is 4.79 Å². The second kappa shape index (κ2) is 6.89. The molecule has 1 atom stereocenters. The van der Waals surface area contributed by atoms with E-state index in [1.54, 1.807) is 6.92 Å². The maximum absolute atomic E-state index is 11.2. The van der Waals surface area contributed by atoms with Gasteiger partial charge >= 0.3 is 5.97 Å². The van der Waals surface area contributed by atoms with Crippen LogP contribution in [0.15, 0.2) is 0 Å². The van der Waals surface area contributed by atoms with Crippen molar-refractivity contribution in [3.63, 3.8) is 0 Å². The molecule has 0 aliphatic heterocycles. The van der Waals surface area contributed by atoms with E-state index in [0.717, 1.165) is 19.4 Å². The number of nitrogens with one attached hydrogen (secondary N) is 1. The Hall–Kier alpha value is -0.570. The Morgan fingerprint density at radius 2 is 1.81 bits per heavy atom. The van der Waals surface area contributed by atoms with E-state index in [4.69, 9.17) is 0 Å². The van der Waals surface area contributed by atoms with Gasteiger partial charge in [-0.1, -0.05) is 27.7 Å². The number of hydrogen-bond acceptors (Lipinski definition) is 2. The first kappa shape index (κ1) is 15.4. The molecule has 2 N–H and O–H groups in total. The summed E-state index contributed by atoms with van der Waals surface area (Å²) >= 11 is 0. The van der Waals surface area contributed by atoms with Gasteiger partial charge in [0.2, 0.25) is 0 Å². The second-order valence-corrected chi connectivity index (χ2v) is 5.70. The molecule has 0 aliphatic carbocycles. The zero-order valence-electron chi connectivity index (χ0n) is 11.3. The Morgan fingerprint density at radius 3 is 2.19 bits per heavy atom. The minimum absolute atomic E-state index is 0.388. The molecule has 0 radical (unpaired) electrons. The smallest absolute Gasteiger partial charge is 0.323 e. The molecule has 0 spiro atoms. The fourth-order valence-electron chi connectivity index (χ4n) is 1.93. The Labute approximate surface area is 99.6 Å². The summed E-state index contributed by atoms with van der Waals surface area (Å²) in [6.45, 7) is 11.0. The Balaban J connectivity index is 4.08. The summed E-state index contributed by atoms with van der Waals surface area (Å²) in [7, 11) is 0. The predicted octanol–water partition coefficient (Wildman–Crippen LogP) is 2.90. The van der Waals surface area contributed by atoms with E-state index in [1.807, 2.05) is 0 Å². The van der Waals surface area contributed by atoms with Crippen LogP contribution in [0.3, 0.4) is 0 Å². The van der Waals surface area contributed by atoms with Gasteiger partial charge in [-0.25, -0.2) is 0 Å². The molecule has 0 rings (SSSR count). The maximum Gasteiger partial charge on any atom is 0.323 e. The highest BCUT2D eigenvalue weighted by Crippen LogP contribution is 2.17. The van der Waals surface area contributed by atoms with Crippen LogP contribution in [0.1, 0.15) is 53.9 Å². The zero-order chi connectivity index (χ0) is 12.8. The van der Waals surface area contributed by atoms with Gasteiger partial charge in [0.05, 0.1) is 0 Å². The van der Waals surface area contributed by atoms with Crippen LogP contribution in [0.25, 0.3) is 0 Å². The molecule has 0 aromatic heterocycles. The molecule has 1 unspecified atom stereocenters. The van der Waals surface area contributed by atoms with E-state index < -0.39 is 11.5 Å². The lowest BCUT2D eigenvalue weighted by Crippen LogP contribution is -2.50. The monoisotopic (exact) mass is 229 g/mol. The lowest BCUT2D eigenvalue weighted by molar-refractivity contribution is -0.144. The molecule has 0 amide bonds. The summed E-state index contributed by atoms with van der Waals surface area (Å²) in [6.07, 6.45) is 2.85. The Morgan fingerprint density at radius 1 is 1.25 bits per heavy atom. The molecule has 0 saturated heterocycles. The topological polar surface area (TPSA) is 49.3 Å². The van der Waals surface area contributed by atoms with Crippen molar-refractivity contribution in [1.29, 1.82) is 0 Å². The fraction of sp³-hybridized carbons (Fsp3) is 0.923. The minimum Gasteiger partial charge on any atom is -0.480 e. The van der Waals surface area contributed by atoms with Crippen molar-refractivity contribution in [1.82, 2.24) is 5.32 Å². The van der Waals surface area contributed by atoms with Crippen molar-refractivity contribution >= 4 is 5.97 Å². The van der Waals surface area contributed by atoms with Crippen molar-refractivity contribution in [3.05, 3.63) is 0 Å². The van der Waals surface area contributed by atoms with Crippen LogP contribution in [0, 0.1) is 11.8 Å². The summed E-state index contributed by atoms with van der Waals surface area (Å²) in [5.41, 5.74) is -0.773. The van der Waals surface area contributed by atoms with E-state index in [0.29, 0.717) is 18.3 Å². The first-order chi connectivity index (χ1) is 7.28. The second-order valence-electron chi connectivity index (χ2n) is 5.70. The third-order valence-corrected chi connectivity index (χ3v) is 2.76. The van der Waals surface area contributed by atoms with Crippen molar-refractivity contribution < 1.29 is 9.90 Å². The maximum atomic E-state index is 11.2. The van der Waals surface area contributed by atoms with E-state index in [9.17, 15) is 9.90 Å². The highest BCUT2D eigenvalue weighted by atomic mass is 16.4. The molecule has 0 fully saturated rings. The number of carbonyl (C=O) groups is 1. The SMILES string of the molecule is CC(C)CCCNC(C)(CC(C)C)C(=O)O. The summed E-state index contributed by atoms with van der Waals surface area (Å²) in [5.74, 6) is 0.326. The molecule has 0 bridgehead atoms. The lowest BCUT2D eigenvalue weighted by Gasteiger charge is -2.28. The summed E-state index contributed by atoms with van der Waals surface area (Å²) < 4.78 is 0. The zero-order valence-corrected chi connectivity index (χ0v) is 11.3. The molecular formula is C13H27NO2. The van der Waals surface area contributed by atoms with Gasteiger partial charge in [0, 0.05) is 0 Å². The average molecular weight is 229 g/mol. The first-order valence-corrected chi connectivity index (χ1v) is 6.26. The normalized spacial score (nSPS) is 15.4. The van der Waals surface area contributed by atoms with Crippen LogP contribution < -0.4 is 5.32 Å². The van der Waals surface area contributed by atoms with Gasteiger partial charge in [0.25, 0.3) is 0 Å². The molecule has 96 valence electrons. The Kier molecular flexibility index (Phi) is 6.65. The van der Waals surface area contributed by atoms with Crippen molar-refractivity contribution in [2.75, 3.05) is 6.54 Å². The van der Waals surface area contributed by atoms with Crippen LogP contribution in [-0.2, 0) is 4.79 Å². The Bertz CT molecular complexity index is 214. The third-order valence-electron chi connectivity index (χ3n) is 2.76. The minimum atomic E-state index is -0.773. The first-order valence-electron chi connectivity index (χ1n) is 6.26. The molecule has 3 heteroatoms.